The Kier molecular flexibility index (Phi) is 5.54. The minimum Gasteiger partial charge on any atom is -0.395 e. The number of rotatable bonds is 6. The molecule has 0 aliphatic carbocycles. The summed E-state index contributed by atoms with van der Waals surface area (Å²) in [5.41, 5.74) is 0. The van der Waals surface area contributed by atoms with Gasteiger partial charge in [-0.15, -0.1) is 0 Å². The molecule has 0 radical (unpaired) electrons. The number of amides is 1. The lowest BCUT2D eigenvalue weighted by atomic mass is 10.4. The molecule has 0 aliphatic heterocycles. The summed E-state index contributed by atoms with van der Waals surface area (Å²) in [6, 6.07) is 5.58. The molecule has 0 saturated heterocycles. The Balaban J connectivity index is 2.60. The zero-order valence-electron chi connectivity index (χ0n) is 9.39. The largest absolute Gasteiger partial charge is 0.395 e. The summed E-state index contributed by atoms with van der Waals surface area (Å²) in [6.07, 6.45) is 0. The number of halogens is 1. The summed E-state index contributed by atoms with van der Waals surface area (Å²) in [6.45, 7) is -0.498. The van der Waals surface area contributed by atoms with E-state index in [0.717, 1.165) is 0 Å². The van der Waals surface area contributed by atoms with E-state index in [0.29, 0.717) is 5.02 Å². The average molecular weight is 293 g/mol. The minimum absolute atomic E-state index is 0.0295. The number of carbonyl (C=O) groups excluding carboxylic acids is 1. The van der Waals surface area contributed by atoms with Gasteiger partial charge in [0.15, 0.2) is 0 Å². The standard InChI is InChI=1S/C10H13ClN2O4S/c11-8-1-3-9(4-2-8)18(16,17)13-7-10(15)12-5-6-14/h1-4,13-14H,5-7H2,(H,12,15). The van der Waals surface area contributed by atoms with Crippen LogP contribution in [0.3, 0.4) is 0 Å². The molecule has 0 heterocycles. The third-order valence-electron chi connectivity index (χ3n) is 1.98. The van der Waals surface area contributed by atoms with Crippen LogP contribution in [0.1, 0.15) is 0 Å². The molecule has 100 valence electrons. The van der Waals surface area contributed by atoms with Crippen LogP contribution in [0.15, 0.2) is 29.2 Å². The highest BCUT2D eigenvalue weighted by molar-refractivity contribution is 7.89. The first kappa shape index (κ1) is 14.9. The van der Waals surface area contributed by atoms with Crippen molar-refractivity contribution in [1.82, 2.24) is 10.0 Å². The molecule has 0 bridgehead atoms. The third-order valence-corrected chi connectivity index (χ3v) is 3.65. The van der Waals surface area contributed by atoms with Gasteiger partial charge < -0.3 is 10.4 Å². The first-order chi connectivity index (χ1) is 8.45. The van der Waals surface area contributed by atoms with Crippen molar-refractivity contribution in [2.45, 2.75) is 4.90 Å². The molecule has 0 aromatic heterocycles. The van der Waals surface area contributed by atoms with Gasteiger partial charge in [-0.1, -0.05) is 11.6 Å². The lowest BCUT2D eigenvalue weighted by Gasteiger charge is -2.07. The van der Waals surface area contributed by atoms with Crippen molar-refractivity contribution in [3.8, 4) is 0 Å². The molecule has 0 fully saturated rings. The maximum atomic E-state index is 11.7. The molecule has 6 nitrogen and oxygen atoms in total. The molecular formula is C10H13ClN2O4S. The Labute approximate surface area is 110 Å². The Bertz CT molecular complexity index is 501. The molecule has 0 atom stereocenters. The van der Waals surface area contributed by atoms with Gasteiger partial charge in [-0.2, -0.15) is 0 Å². The van der Waals surface area contributed by atoms with Gasteiger partial charge in [-0.25, -0.2) is 13.1 Å². The van der Waals surface area contributed by atoms with Crippen LogP contribution < -0.4 is 10.0 Å². The molecule has 1 amide bonds. The summed E-state index contributed by atoms with van der Waals surface area (Å²) < 4.78 is 25.6. The third kappa shape index (κ3) is 4.61. The van der Waals surface area contributed by atoms with Crippen LogP contribution in [0.5, 0.6) is 0 Å². The van der Waals surface area contributed by atoms with E-state index in [1.807, 2.05) is 0 Å². The second-order valence-corrected chi connectivity index (χ2v) is 5.56. The van der Waals surface area contributed by atoms with Crippen LogP contribution >= 0.6 is 11.6 Å². The summed E-state index contributed by atoms with van der Waals surface area (Å²) in [7, 11) is -3.73. The van der Waals surface area contributed by atoms with Gasteiger partial charge >= 0.3 is 0 Å². The van der Waals surface area contributed by atoms with Crippen molar-refractivity contribution in [2.24, 2.45) is 0 Å². The molecule has 3 N–H and O–H groups in total. The van der Waals surface area contributed by atoms with Crippen molar-refractivity contribution in [1.29, 1.82) is 0 Å². The lowest BCUT2D eigenvalue weighted by Crippen LogP contribution is -2.37. The van der Waals surface area contributed by atoms with Crippen LogP contribution in [0.2, 0.25) is 5.02 Å². The zero-order valence-corrected chi connectivity index (χ0v) is 11.0. The number of benzene rings is 1. The Hall–Kier alpha value is -1.15. The number of aliphatic hydroxyl groups is 1. The van der Waals surface area contributed by atoms with Gasteiger partial charge in [0.25, 0.3) is 0 Å². The highest BCUT2D eigenvalue weighted by atomic mass is 35.5. The number of hydrogen-bond donors (Lipinski definition) is 3. The van der Waals surface area contributed by atoms with Gasteiger partial charge in [0, 0.05) is 11.6 Å². The monoisotopic (exact) mass is 292 g/mol. The van der Waals surface area contributed by atoms with E-state index in [4.69, 9.17) is 16.7 Å². The van der Waals surface area contributed by atoms with Gasteiger partial charge in [0.1, 0.15) is 0 Å². The maximum absolute atomic E-state index is 11.7. The van der Waals surface area contributed by atoms with Crippen LogP contribution in [0, 0.1) is 0 Å². The average Bonchev–Trinajstić information content (AvgIpc) is 2.34. The molecule has 1 rings (SSSR count). The molecule has 1 aromatic carbocycles. The van der Waals surface area contributed by atoms with Crippen LogP contribution in [-0.4, -0.2) is 39.1 Å². The van der Waals surface area contributed by atoms with Crippen LogP contribution in [-0.2, 0) is 14.8 Å². The molecular weight excluding hydrogens is 280 g/mol. The first-order valence-electron chi connectivity index (χ1n) is 5.08. The van der Waals surface area contributed by atoms with E-state index in [1.165, 1.54) is 24.3 Å². The highest BCUT2D eigenvalue weighted by Gasteiger charge is 2.14. The van der Waals surface area contributed by atoms with Gasteiger partial charge in [0.2, 0.25) is 15.9 Å². The number of nitrogens with one attached hydrogen (secondary N) is 2. The van der Waals surface area contributed by atoms with Crippen molar-refractivity contribution in [2.75, 3.05) is 19.7 Å². The topological polar surface area (TPSA) is 95.5 Å². The Morgan fingerprint density at radius 2 is 1.89 bits per heavy atom. The molecule has 0 aliphatic rings. The van der Waals surface area contributed by atoms with Crippen LogP contribution in [0.25, 0.3) is 0 Å². The first-order valence-corrected chi connectivity index (χ1v) is 6.94. The molecule has 0 spiro atoms. The normalized spacial score (nSPS) is 11.2. The van der Waals surface area contributed by atoms with E-state index < -0.39 is 15.9 Å². The van der Waals surface area contributed by atoms with Crippen molar-refractivity contribution < 1.29 is 18.3 Å². The van der Waals surface area contributed by atoms with E-state index in [1.54, 1.807) is 0 Å². The summed E-state index contributed by atoms with van der Waals surface area (Å²) in [5.74, 6) is -0.512. The molecule has 0 saturated carbocycles. The summed E-state index contributed by atoms with van der Waals surface area (Å²) in [4.78, 5) is 11.2. The summed E-state index contributed by atoms with van der Waals surface area (Å²) in [5, 5.41) is 11.2. The number of sulfonamides is 1. The molecule has 0 unspecified atom stereocenters. The fraction of sp³-hybridized carbons (Fsp3) is 0.300. The Morgan fingerprint density at radius 1 is 1.28 bits per heavy atom. The molecule has 18 heavy (non-hydrogen) atoms. The number of hydrogen-bond acceptors (Lipinski definition) is 4. The van der Waals surface area contributed by atoms with Gasteiger partial charge in [-0.05, 0) is 24.3 Å². The minimum atomic E-state index is -3.73. The van der Waals surface area contributed by atoms with Gasteiger partial charge in [-0.3, -0.25) is 4.79 Å². The highest BCUT2D eigenvalue weighted by Crippen LogP contribution is 2.13. The molecule has 8 heteroatoms. The maximum Gasteiger partial charge on any atom is 0.241 e. The quantitative estimate of drug-likeness (QED) is 0.672. The van der Waals surface area contributed by atoms with Crippen LogP contribution in [0.4, 0.5) is 0 Å². The van der Waals surface area contributed by atoms with Crippen molar-refractivity contribution in [3.63, 3.8) is 0 Å². The van der Waals surface area contributed by atoms with E-state index in [9.17, 15) is 13.2 Å². The number of carbonyl (C=O) groups is 1. The van der Waals surface area contributed by atoms with Crippen molar-refractivity contribution >= 4 is 27.5 Å². The molecule has 1 aromatic rings. The lowest BCUT2D eigenvalue weighted by molar-refractivity contribution is -0.120. The van der Waals surface area contributed by atoms with E-state index in [-0.39, 0.29) is 24.6 Å². The fourth-order valence-electron chi connectivity index (χ4n) is 1.12. The predicted octanol–water partition coefficient (Wildman–Crippen LogP) is -0.273. The van der Waals surface area contributed by atoms with E-state index in [2.05, 4.69) is 10.0 Å². The predicted molar refractivity (Wildman–Crippen MR) is 66.7 cm³/mol. The van der Waals surface area contributed by atoms with E-state index >= 15 is 0 Å². The Morgan fingerprint density at radius 3 is 2.44 bits per heavy atom. The summed E-state index contributed by atoms with van der Waals surface area (Å²) >= 11 is 5.64. The SMILES string of the molecule is O=C(CNS(=O)(=O)c1ccc(Cl)cc1)NCCO. The van der Waals surface area contributed by atoms with Crippen molar-refractivity contribution in [3.05, 3.63) is 29.3 Å². The second kappa shape index (κ2) is 6.69. The van der Waals surface area contributed by atoms with Gasteiger partial charge in [0.05, 0.1) is 18.0 Å². The fourth-order valence-corrected chi connectivity index (χ4v) is 2.22. The number of aliphatic hydroxyl groups excluding tert-OH is 1. The zero-order chi connectivity index (χ0) is 13.6. The smallest absolute Gasteiger partial charge is 0.241 e. The second-order valence-electron chi connectivity index (χ2n) is 3.35.